The summed E-state index contributed by atoms with van der Waals surface area (Å²) in [7, 11) is 0. The molecular weight excluding hydrogens is 260 g/mol. The van der Waals surface area contributed by atoms with Gasteiger partial charge >= 0.3 is 0 Å². The molecular formula is C18H36N2O. The lowest BCUT2D eigenvalue weighted by molar-refractivity contribution is -0.0332. The maximum absolute atomic E-state index is 5.87. The summed E-state index contributed by atoms with van der Waals surface area (Å²) in [6.07, 6.45) is 6.66. The fourth-order valence-electron chi connectivity index (χ4n) is 3.71. The summed E-state index contributed by atoms with van der Waals surface area (Å²) in [5.74, 6) is 0.965. The molecule has 1 atom stereocenters. The van der Waals surface area contributed by atoms with Crippen molar-refractivity contribution >= 4 is 0 Å². The molecule has 1 unspecified atom stereocenters. The number of nitrogens with one attached hydrogen (secondary N) is 1. The summed E-state index contributed by atoms with van der Waals surface area (Å²) in [6.45, 7) is 15.9. The van der Waals surface area contributed by atoms with Crippen LogP contribution in [-0.2, 0) is 4.74 Å². The lowest BCUT2D eigenvalue weighted by Crippen LogP contribution is -2.53. The number of hydrogen-bond acceptors (Lipinski definition) is 3. The van der Waals surface area contributed by atoms with Gasteiger partial charge < -0.3 is 15.0 Å². The van der Waals surface area contributed by atoms with E-state index in [2.05, 4.69) is 37.9 Å². The molecule has 124 valence electrons. The van der Waals surface area contributed by atoms with E-state index in [1.54, 1.807) is 0 Å². The smallest absolute Gasteiger partial charge is 0.0546 e. The molecule has 2 fully saturated rings. The molecule has 0 aromatic heterocycles. The van der Waals surface area contributed by atoms with Gasteiger partial charge in [0.25, 0.3) is 0 Å². The molecule has 0 saturated carbocycles. The standard InChI is InChI=1S/C18H36N2O/c1-5-16-7-10-20(11-8-16)14-18(9-6-12-21-15-18)13-19-17(2,3)4/h16,19H,5-15H2,1-4H3. The number of piperidine rings is 1. The molecule has 2 saturated heterocycles. The van der Waals surface area contributed by atoms with E-state index in [1.165, 1.54) is 51.7 Å². The highest BCUT2D eigenvalue weighted by atomic mass is 16.5. The third-order valence-electron chi connectivity index (χ3n) is 5.24. The summed E-state index contributed by atoms with van der Waals surface area (Å²) >= 11 is 0. The largest absolute Gasteiger partial charge is 0.381 e. The first-order valence-corrected chi connectivity index (χ1v) is 8.98. The minimum absolute atomic E-state index is 0.194. The number of hydrogen-bond donors (Lipinski definition) is 1. The molecule has 0 aromatic carbocycles. The van der Waals surface area contributed by atoms with Crippen LogP contribution in [0.25, 0.3) is 0 Å². The molecule has 0 aromatic rings. The van der Waals surface area contributed by atoms with Crippen molar-refractivity contribution in [1.82, 2.24) is 10.2 Å². The van der Waals surface area contributed by atoms with Crippen molar-refractivity contribution in [2.75, 3.05) is 39.4 Å². The zero-order chi connectivity index (χ0) is 15.3. The number of nitrogens with zero attached hydrogens (tertiary/aromatic N) is 1. The predicted octanol–water partition coefficient (Wildman–Crippen LogP) is 3.29. The second kappa shape index (κ2) is 7.43. The summed E-state index contributed by atoms with van der Waals surface area (Å²) in [5.41, 5.74) is 0.518. The molecule has 0 amide bonds. The van der Waals surface area contributed by atoms with E-state index >= 15 is 0 Å². The predicted molar refractivity (Wildman–Crippen MR) is 89.7 cm³/mol. The lowest BCUT2D eigenvalue weighted by atomic mass is 9.80. The van der Waals surface area contributed by atoms with Crippen LogP contribution in [0.4, 0.5) is 0 Å². The van der Waals surface area contributed by atoms with Crippen LogP contribution in [0, 0.1) is 11.3 Å². The van der Waals surface area contributed by atoms with Crippen LogP contribution in [0.15, 0.2) is 0 Å². The van der Waals surface area contributed by atoms with Crippen LogP contribution < -0.4 is 5.32 Å². The molecule has 0 bridgehead atoms. The zero-order valence-electron chi connectivity index (χ0n) is 14.7. The van der Waals surface area contributed by atoms with Crippen molar-refractivity contribution in [3.63, 3.8) is 0 Å². The third kappa shape index (κ3) is 5.54. The Morgan fingerprint density at radius 2 is 1.95 bits per heavy atom. The Balaban J connectivity index is 1.90. The fraction of sp³-hybridized carbons (Fsp3) is 1.00. The van der Waals surface area contributed by atoms with E-state index in [9.17, 15) is 0 Å². The lowest BCUT2D eigenvalue weighted by Gasteiger charge is -2.44. The van der Waals surface area contributed by atoms with Gasteiger partial charge in [-0.2, -0.15) is 0 Å². The SMILES string of the molecule is CCC1CCN(CC2(CNC(C)(C)C)CCCOC2)CC1. The number of rotatable bonds is 5. The van der Waals surface area contributed by atoms with E-state index in [0.29, 0.717) is 5.41 Å². The monoisotopic (exact) mass is 296 g/mol. The van der Waals surface area contributed by atoms with Gasteiger partial charge in [0.2, 0.25) is 0 Å². The number of ether oxygens (including phenoxy) is 1. The van der Waals surface area contributed by atoms with Crippen molar-refractivity contribution in [2.24, 2.45) is 11.3 Å². The average Bonchev–Trinajstić information content (AvgIpc) is 2.46. The second-order valence-corrected chi connectivity index (χ2v) is 8.39. The first kappa shape index (κ1) is 17.2. The molecule has 3 nitrogen and oxygen atoms in total. The van der Waals surface area contributed by atoms with Gasteiger partial charge in [-0.1, -0.05) is 13.3 Å². The van der Waals surface area contributed by atoms with Crippen molar-refractivity contribution in [1.29, 1.82) is 0 Å². The van der Waals surface area contributed by atoms with E-state index in [4.69, 9.17) is 4.74 Å². The molecule has 2 rings (SSSR count). The van der Waals surface area contributed by atoms with E-state index in [0.717, 1.165) is 25.7 Å². The van der Waals surface area contributed by atoms with Crippen LogP contribution in [0.1, 0.15) is 59.8 Å². The van der Waals surface area contributed by atoms with E-state index in [1.807, 2.05) is 0 Å². The van der Waals surface area contributed by atoms with Gasteiger partial charge in [0.1, 0.15) is 0 Å². The minimum atomic E-state index is 0.194. The summed E-state index contributed by atoms with van der Waals surface area (Å²) in [6, 6.07) is 0. The first-order chi connectivity index (χ1) is 9.92. The highest BCUT2D eigenvalue weighted by molar-refractivity contribution is 4.90. The molecule has 2 heterocycles. The van der Waals surface area contributed by atoms with Gasteiger partial charge in [0, 0.05) is 30.7 Å². The second-order valence-electron chi connectivity index (χ2n) is 8.39. The molecule has 1 N–H and O–H groups in total. The summed E-state index contributed by atoms with van der Waals surface area (Å²) in [4.78, 5) is 2.70. The van der Waals surface area contributed by atoms with Crippen LogP contribution >= 0.6 is 0 Å². The van der Waals surface area contributed by atoms with Crippen LogP contribution in [0.5, 0.6) is 0 Å². The molecule has 2 aliphatic rings. The van der Waals surface area contributed by atoms with E-state index < -0.39 is 0 Å². The Bertz CT molecular complexity index is 297. The Morgan fingerprint density at radius 1 is 1.24 bits per heavy atom. The Hall–Kier alpha value is -0.120. The Labute approximate surface area is 131 Å². The highest BCUT2D eigenvalue weighted by Crippen LogP contribution is 2.31. The summed E-state index contributed by atoms with van der Waals surface area (Å²) < 4.78 is 5.87. The van der Waals surface area contributed by atoms with Crippen LogP contribution in [-0.4, -0.2) is 49.8 Å². The quantitative estimate of drug-likeness (QED) is 0.842. The fourth-order valence-corrected chi connectivity index (χ4v) is 3.71. The van der Waals surface area contributed by atoms with Gasteiger partial charge in [0.05, 0.1) is 6.61 Å². The maximum Gasteiger partial charge on any atom is 0.0546 e. The van der Waals surface area contributed by atoms with Crippen LogP contribution in [0.3, 0.4) is 0 Å². The van der Waals surface area contributed by atoms with Crippen LogP contribution in [0.2, 0.25) is 0 Å². The first-order valence-electron chi connectivity index (χ1n) is 8.98. The van der Waals surface area contributed by atoms with Crippen molar-refractivity contribution < 1.29 is 4.74 Å². The van der Waals surface area contributed by atoms with E-state index in [-0.39, 0.29) is 5.54 Å². The normalized spacial score (nSPS) is 29.7. The maximum atomic E-state index is 5.87. The van der Waals surface area contributed by atoms with Gasteiger partial charge in [-0.25, -0.2) is 0 Å². The molecule has 3 heteroatoms. The highest BCUT2D eigenvalue weighted by Gasteiger charge is 2.36. The van der Waals surface area contributed by atoms with Gasteiger partial charge in [-0.3, -0.25) is 0 Å². The topological polar surface area (TPSA) is 24.5 Å². The molecule has 0 spiro atoms. The Kier molecular flexibility index (Phi) is 6.10. The van der Waals surface area contributed by atoms with Crippen molar-refractivity contribution in [3.8, 4) is 0 Å². The molecule has 2 aliphatic heterocycles. The average molecular weight is 296 g/mol. The molecule has 21 heavy (non-hydrogen) atoms. The van der Waals surface area contributed by atoms with Gasteiger partial charge in [-0.15, -0.1) is 0 Å². The Morgan fingerprint density at radius 3 is 2.48 bits per heavy atom. The van der Waals surface area contributed by atoms with Gasteiger partial charge in [0.15, 0.2) is 0 Å². The number of likely N-dealkylation sites (tertiary alicyclic amines) is 1. The molecule has 0 radical (unpaired) electrons. The van der Waals surface area contributed by atoms with Crippen molar-refractivity contribution in [2.45, 2.75) is 65.3 Å². The summed E-state index contributed by atoms with van der Waals surface area (Å²) in [5, 5.41) is 3.74. The van der Waals surface area contributed by atoms with Crippen molar-refractivity contribution in [3.05, 3.63) is 0 Å². The molecule has 0 aliphatic carbocycles. The minimum Gasteiger partial charge on any atom is -0.381 e. The zero-order valence-corrected chi connectivity index (χ0v) is 14.7. The van der Waals surface area contributed by atoms with Gasteiger partial charge in [-0.05, 0) is 65.5 Å². The third-order valence-corrected chi connectivity index (χ3v) is 5.24.